The molecule has 9 heteroatoms. The Morgan fingerprint density at radius 3 is 2.27 bits per heavy atom. The van der Waals surface area contributed by atoms with E-state index >= 15 is 0 Å². The largest absolute Gasteiger partial charge is 0.458 e. The molecule has 232 valence electrons. The number of carbonyl (C=O) groups is 4. The fourth-order valence-electron chi connectivity index (χ4n) is 7.09. The smallest absolute Gasteiger partial charge is 0.340 e. The van der Waals surface area contributed by atoms with Crippen LogP contribution in [0.4, 0.5) is 0 Å². The molecule has 8 atom stereocenters. The maximum atomic E-state index is 13.4. The zero-order valence-electron chi connectivity index (χ0n) is 25.6. The van der Waals surface area contributed by atoms with Gasteiger partial charge in [-0.2, -0.15) is 0 Å². The van der Waals surface area contributed by atoms with Crippen molar-refractivity contribution >= 4 is 23.9 Å². The van der Waals surface area contributed by atoms with E-state index in [0.29, 0.717) is 30.4 Å². The molecule has 0 N–H and O–H groups in total. The van der Waals surface area contributed by atoms with Gasteiger partial charge in [0.25, 0.3) is 0 Å². The van der Waals surface area contributed by atoms with E-state index in [2.05, 4.69) is 17.6 Å². The maximum absolute atomic E-state index is 13.4. The molecule has 0 saturated heterocycles. The van der Waals surface area contributed by atoms with Gasteiger partial charge in [-0.15, -0.1) is 0 Å². The molecular formula is C35H39NO8. The first-order valence-corrected chi connectivity index (χ1v) is 15.1. The molecule has 1 aromatic carbocycles. The monoisotopic (exact) mass is 601 g/mol. The van der Waals surface area contributed by atoms with Crippen LogP contribution in [0.3, 0.4) is 0 Å². The van der Waals surface area contributed by atoms with Crippen molar-refractivity contribution in [2.75, 3.05) is 0 Å². The Bertz CT molecular complexity index is 1450. The third-order valence-electron chi connectivity index (χ3n) is 8.90. The highest BCUT2D eigenvalue weighted by Crippen LogP contribution is 2.54. The molecule has 2 aromatic rings. The lowest BCUT2D eigenvalue weighted by atomic mass is 9.77. The molecule has 9 nitrogen and oxygen atoms in total. The average Bonchev–Trinajstić information content (AvgIpc) is 3.65. The number of hydrogen-bond donors (Lipinski definition) is 0. The van der Waals surface area contributed by atoms with Gasteiger partial charge in [0, 0.05) is 38.2 Å². The molecule has 0 spiro atoms. The van der Waals surface area contributed by atoms with Crippen LogP contribution in [-0.4, -0.2) is 52.8 Å². The number of esters is 4. The summed E-state index contributed by atoms with van der Waals surface area (Å²) >= 11 is 0. The van der Waals surface area contributed by atoms with Crippen LogP contribution in [0.25, 0.3) is 0 Å². The number of carbonyl (C=O) groups excluding carboxylic acids is 4. The highest BCUT2D eigenvalue weighted by molar-refractivity contribution is 5.90. The maximum Gasteiger partial charge on any atom is 0.340 e. The van der Waals surface area contributed by atoms with E-state index in [0.717, 1.165) is 12.0 Å². The summed E-state index contributed by atoms with van der Waals surface area (Å²) in [5.41, 5.74) is 0.815. The zero-order valence-corrected chi connectivity index (χ0v) is 25.6. The van der Waals surface area contributed by atoms with Gasteiger partial charge in [-0.3, -0.25) is 14.6 Å². The lowest BCUT2D eigenvalue weighted by molar-refractivity contribution is -0.174. The van der Waals surface area contributed by atoms with Crippen LogP contribution < -0.4 is 0 Å². The first kappa shape index (κ1) is 31.2. The summed E-state index contributed by atoms with van der Waals surface area (Å²) in [5.74, 6) is -2.86. The molecule has 0 unspecified atom stereocenters. The molecule has 2 saturated carbocycles. The van der Waals surface area contributed by atoms with E-state index in [1.165, 1.54) is 20.0 Å². The molecule has 0 aliphatic heterocycles. The Balaban J connectivity index is 1.61. The van der Waals surface area contributed by atoms with E-state index < -0.39 is 53.7 Å². The Morgan fingerprint density at radius 2 is 1.61 bits per heavy atom. The van der Waals surface area contributed by atoms with Crippen molar-refractivity contribution in [3.63, 3.8) is 0 Å². The minimum Gasteiger partial charge on any atom is -0.458 e. The van der Waals surface area contributed by atoms with Gasteiger partial charge >= 0.3 is 23.9 Å². The van der Waals surface area contributed by atoms with Crippen molar-refractivity contribution in [2.45, 2.75) is 77.3 Å². The highest BCUT2D eigenvalue weighted by atomic mass is 16.6. The number of rotatable bonds is 6. The number of ether oxygens (including phenoxy) is 4. The van der Waals surface area contributed by atoms with E-state index in [9.17, 15) is 19.2 Å². The minimum absolute atomic E-state index is 0.222. The normalized spacial score (nSPS) is 32.4. The topological polar surface area (TPSA) is 118 Å². The quantitative estimate of drug-likeness (QED) is 0.235. The number of nitrogens with zero attached hydrogens (tertiary/aromatic N) is 1. The second-order valence-electron chi connectivity index (χ2n) is 12.4. The summed E-state index contributed by atoms with van der Waals surface area (Å²) in [5, 5.41) is 0. The lowest BCUT2D eigenvalue weighted by Crippen LogP contribution is -2.51. The van der Waals surface area contributed by atoms with Gasteiger partial charge in [0.15, 0.2) is 0 Å². The van der Waals surface area contributed by atoms with Crippen LogP contribution in [0.1, 0.15) is 74.1 Å². The van der Waals surface area contributed by atoms with Gasteiger partial charge < -0.3 is 18.9 Å². The Hall–Kier alpha value is -4.27. The van der Waals surface area contributed by atoms with Crippen LogP contribution in [-0.2, 0) is 28.5 Å². The molecule has 2 fully saturated rings. The summed E-state index contributed by atoms with van der Waals surface area (Å²) in [7, 11) is 0. The summed E-state index contributed by atoms with van der Waals surface area (Å²) < 4.78 is 24.5. The second-order valence-corrected chi connectivity index (χ2v) is 12.4. The lowest BCUT2D eigenvalue weighted by Gasteiger charge is -2.42. The number of fused-ring (bicyclic) bond motifs is 2. The van der Waals surface area contributed by atoms with Crippen molar-refractivity contribution < 1.29 is 38.1 Å². The summed E-state index contributed by atoms with van der Waals surface area (Å²) in [6.45, 7) is 10.9. The van der Waals surface area contributed by atoms with Crippen molar-refractivity contribution in [1.82, 2.24) is 4.98 Å². The Kier molecular flexibility index (Phi) is 9.04. The fourth-order valence-corrected chi connectivity index (χ4v) is 7.09. The standard InChI is InChI=1S/C35H39NO8/c1-20-14-27-15-28(27)16-29(42-34(40)26-12-9-13-36-19-26)22(3)32(41-23(4)37)30-31(43-33(39)25-10-7-6-8-11-25)21(2)18-35(30,17-20)44-24(5)38/h6-14,19,21,27-32H,3,15-18H2,1-2,4-5H3/b20-14+/t21-,27-,28-,29-,30+,31-,32-,35+/m0/s1. The zero-order chi connectivity index (χ0) is 31.6. The van der Waals surface area contributed by atoms with Crippen LogP contribution in [0.2, 0.25) is 0 Å². The minimum atomic E-state index is -1.19. The van der Waals surface area contributed by atoms with Gasteiger partial charge in [0.2, 0.25) is 0 Å². The van der Waals surface area contributed by atoms with Gasteiger partial charge in [0.1, 0.15) is 23.9 Å². The number of pyridine rings is 1. The average molecular weight is 602 g/mol. The number of allylic oxidation sites excluding steroid dienone is 1. The molecule has 1 aromatic heterocycles. The summed E-state index contributed by atoms with van der Waals surface area (Å²) in [6.07, 6.45) is 4.52. The molecular weight excluding hydrogens is 562 g/mol. The number of benzene rings is 1. The Morgan fingerprint density at radius 1 is 0.909 bits per heavy atom. The van der Waals surface area contributed by atoms with Crippen LogP contribution in [0, 0.1) is 23.7 Å². The molecule has 0 radical (unpaired) electrons. The SMILES string of the molecule is C=C1[C@@H](OC(=O)c2cccnc2)C[C@@H]2C[C@@H]2/C=C(\C)C[C@@]2(OC(C)=O)C[C@H](C)[C@H](OC(=O)c3ccccc3)[C@@H]2[C@H]1OC(C)=O. The predicted octanol–water partition coefficient (Wildman–Crippen LogP) is 5.65. The van der Waals surface area contributed by atoms with Crippen molar-refractivity contribution in [2.24, 2.45) is 23.7 Å². The molecule has 3 aliphatic carbocycles. The van der Waals surface area contributed by atoms with Gasteiger partial charge in [-0.1, -0.05) is 43.4 Å². The second kappa shape index (κ2) is 12.8. The fraction of sp³-hybridized carbons (Fsp3) is 0.457. The van der Waals surface area contributed by atoms with E-state index in [1.54, 1.807) is 48.7 Å². The first-order chi connectivity index (χ1) is 21.0. The van der Waals surface area contributed by atoms with Crippen molar-refractivity contribution in [3.8, 4) is 0 Å². The molecule has 0 bridgehead atoms. The molecule has 0 amide bonds. The third kappa shape index (κ3) is 6.77. The first-order valence-electron chi connectivity index (χ1n) is 15.1. The van der Waals surface area contributed by atoms with E-state index in [1.807, 2.05) is 13.8 Å². The Labute approximate surface area is 257 Å². The summed E-state index contributed by atoms with van der Waals surface area (Å²) in [6, 6.07) is 11.9. The summed E-state index contributed by atoms with van der Waals surface area (Å²) in [4.78, 5) is 56.2. The van der Waals surface area contributed by atoms with Gasteiger partial charge in [-0.05, 0) is 68.2 Å². The van der Waals surface area contributed by atoms with E-state index in [-0.39, 0.29) is 23.3 Å². The number of hydrogen-bond acceptors (Lipinski definition) is 9. The van der Waals surface area contributed by atoms with Crippen molar-refractivity contribution in [3.05, 3.63) is 89.8 Å². The van der Waals surface area contributed by atoms with Crippen LogP contribution in [0.5, 0.6) is 0 Å². The predicted molar refractivity (Wildman–Crippen MR) is 160 cm³/mol. The highest BCUT2D eigenvalue weighted by Gasteiger charge is 2.61. The molecule has 5 rings (SSSR count). The van der Waals surface area contributed by atoms with Gasteiger partial charge in [-0.25, -0.2) is 9.59 Å². The molecule has 1 heterocycles. The van der Waals surface area contributed by atoms with Gasteiger partial charge in [0.05, 0.1) is 17.0 Å². The van der Waals surface area contributed by atoms with Crippen LogP contribution >= 0.6 is 0 Å². The van der Waals surface area contributed by atoms with E-state index in [4.69, 9.17) is 18.9 Å². The van der Waals surface area contributed by atoms with Crippen LogP contribution in [0.15, 0.2) is 78.7 Å². The molecule has 44 heavy (non-hydrogen) atoms. The third-order valence-corrected chi connectivity index (χ3v) is 8.90. The molecule has 3 aliphatic rings. The number of aromatic nitrogens is 1. The van der Waals surface area contributed by atoms with Crippen molar-refractivity contribution in [1.29, 1.82) is 0 Å².